The van der Waals surface area contributed by atoms with E-state index in [1.54, 1.807) is 34.9 Å². The monoisotopic (exact) mass is 633 g/mol. The van der Waals surface area contributed by atoms with E-state index < -0.39 is 12.3 Å². The lowest BCUT2D eigenvalue weighted by Crippen LogP contribution is -2.50. The van der Waals surface area contributed by atoms with Crippen LogP contribution in [-0.2, 0) is 11.3 Å². The van der Waals surface area contributed by atoms with Gasteiger partial charge in [0.15, 0.2) is 5.13 Å². The maximum absolute atomic E-state index is 13.1. The molecule has 1 saturated heterocycles. The Morgan fingerprint density at radius 2 is 1.98 bits per heavy atom. The maximum Gasteiger partial charge on any atom is 0.573 e. The molecule has 3 aromatic heterocycles. The first-order valence-corrected chi connectivity index (χ1v) is 15.9. The number of nitrogens with zero attached hydrogens (tertiary/aromatic N) is 3. The second-order valence-corrected chi connectivity index (χ2v) is 12.7. The van der Waals surface area contributed by atoms with E-state index in [0.29, 0.717) is 17.0 Å². The third kappa shape index (κ3) is 6.43. The van der Waals surface area contributed by atoms with Gasteiger partial charge in [0, 0.05) is 39.9 Å². The minimum Gasteiger partial charge on any atom is -0.478 e. The van der Waals surface area contributed by atoms with Crippen LogP contribution in [0.1, 0.15) is 73.6 Å². The lowest BCUT2D eigenvalue weighted by atomic mass is 9.92. The molecule has 1 aliphatic heterocycles. The molecule has 0 radical (unpaired) electrons. The largest absolute Gasteiger partial charge is 0.573 e. The predicted molar refractivity (Wildman–Crippen MR) is 157 cm³/mol. The minimum atomic E-state index is -4.83. The van der Waals surface area contributed by atoms with Crippen LogP contribution in [0.15, 0.2) is 45.6 Å². The van der Waals surface area contributed by atoms with Gasteiger partial charge in [-0.25, -0.2) is 9.78 Å². The van der Waals surface area contributed by atoms with Crippen molar-refractivity contribution in [1.29, 1.82) is 0 Å². The molecule has 4 heterocycles. The van der Waals surface area contributed by atoms with Crippen molar-refractivity contribution in [2.45, 2.75) is 83.0 Å². The first kappa shape index (κ1) is 29.6. The average Bonchev–Trinajstić information content (AvgIpc) is 3.33. The molecule has 0 unspecified atom stereocenters. The SMILES string of the molecule is CC[C@@H]1C[C@H](OCc2c(-c3ccccc3OC(F)(F)F)noc2C2CC2)C[C@H](C)N1c1nc(-c2cc(C(=O)O)cs2)cs1. The number of piperidine rings is 1. The first-order chi connectivity index (χ1) is 20.6. The Kier molecular flexibility index (Phi) is 8.22. The van der Waals surface area contributed by atoms with E-state index in [0.717, 1.165) is 47.8 Å². The Morgan fingerprint density at radius 3 is 2.67 bits per heavy atom. The van der Waals surface area contributed by atoms with Crippen LogP contribution < -0.4 is 9.64 Å². The maximum atomic E-state index is 13.1. The molecule has 4 aromatic rings. The van der Waals surface area contributed by atoms with Crippen LogP contribution in [0.5, 0.6) is 5.75 Å². The molecule has 228 valence electrons. The fraction of sp³-hybridized carbons (Fsp3) is 0.433. The highest BCUT2D eigenvalue weighted by molar-refractivity contribution is 7.16. The number of hydrogen-bond acceptors (Lipinski definition) is 9. The molecule has 0 spiro atoms. The molecule has 13 heteroatoms. The topological polar surface area (TPSA) is 97.9 Å². The molecule has 1 aliphatic carbocycles. The summed E-state index contributed by atoms with van der Waals surface area (Å²) in [5.74, 6) is -0.427. The van der Waals surface area contributed by atoms with Crippen molar-refractivity contribution >= 4 is 33.8 Å². The van der Waals surface area contributed by atoms with E-state index >= 15 is 0 Å². The van der Waals surface area contributed by atoms with Gasteiger partial charge in [0.25, 0.3) is 0 Å². The van der Waals surface area contributed by atoms with Gasteiger partial charge < -0.3 is 24.0 Å². The zero-order valence-corrected chi connectivity index (χ0v) is 25.1. The summed E-state index contributed by atoms with van der Waals surface area (Å²) in [5, 5.41) is 17.9. The van der Waals surface area contributed by atoms with Crippen LogP contribution in [0.2, 0.25) is 0 Å². The number of para-hydroxylation sites is 1. The molecule has 2 aliphatic rings. The fourth-order valence-electron chi connectivity index (χ4n) is 5.71. The minimum absolute atomic E-state index is 0.0810. The highest BCUT2D eigenvalue weighted by Crippen LogP contribution is 2.46. The second-order valence-electron chi connectivity index (χ2n) is 10.9. The molecule has 8 nitrogen and oxygen atoms in total. The number of anilines is 1. The predicted octanol–water partition coefficient (Wildman–Crippen LogP) is 8.35. The molecule has 6 rings (SSSR count). The number of aromatic nitrogens is 2. The number of carboxylic acid groups (broad SMARTS) is 1. The number of hydrogen-bond donors (Lipinski definition) is 1. The third-order valence-corrected chi connectivity index (χ3v) is 9.69. The van der Waals surface area contributed by atoms with E-state index in [2.05, 4.69) is 28.6 Å². The van der Waals surface area contributed by atoms with Gasteiger partial charge >= 0.3 is 12.3 Å². The van der Waals surface area contributed by atoms with Crippen LogP contribution in [-0.4, -0.2) is 45.8 Å². The number of thiazole rings is 1. The summed E-state index contributed by atoms with van der Waals surface area (Å²) in [7, 11) is 0. The molecule has 43 heavy (non-hydrogen) atoms. The van der Waals surface area contributed by atoms with E-state index in [9.17, 15) is 23.1 Å². The molecule has 0 amide bonds. The van der Waals surface area contributed by atoms with Crippen LogP contribution in [0, 0.1) is 0 Å². The fourth-order valence-corrected chi connectivity index (χ4v) is 7.62. The van der Waals surface area contributed by atoms with Gasteiger partial charge in [-0.2, -0.15) is 0 Å². The third-order valence-electron chi connectivity index (χ3n) is 7.89. The van der Waals surface area contributed by atoms with E-state index in [4.69, 9.17) is 14.2 Å². The molecular weight excluding hydrogens is 603 g/mol. The number of ether oxygens (including phenoxy) is 2. The zero-order valence-electron chi connectivity index (χ0n) is 23.5. The Morgan fingerprint density at radius 1 is 1.19 bits per heavy atom. The summed E-state index contributed by atoms with van der Waals surface area (Å²) in [6.45, 7) is 4.43. The van der Waals surface area contributed by atoms with Gasteiger partial charge in [-0.1, -0.05) is 24.2 Å². The average molecular weight is 634 g/mol. The smallest absolute Gasteiger partial charge is 0.478 e. The summed E-state index contributed by atoms with van der Waals surface area (Å²) >= 11 is 2.90. The number of halogens is 3. The van der Waals surface area contributed by atoms with E-state index in [1.807, 2.05) is 5.38 Å². The van der Waals surface area contributed by atoms with Gasteiger partial charge in [-0.15, -0.1) is 35.8 Å². The van der Waals surface area contributed by atoms with Crippen molar-refractivity contribution < 1.29 is 37.1 Å². The van der Waals surface area contributed by atoms with Gasteiger partial charge in [0.1, 0.15) is 17.2 Å². The van der Waals surface area contributed by atoms with Crippen molar-refractivity contribution in [2.75, 3.05) is 4.90 Å². The van der Waals surface area contributed by atoms with Crippen molar-refractivity contribution in [3.8, 4) is 27.6 Å². The summed E-state index contributed by atoms with van der Waals surface area (Å²) in [6.07, 6.45) is -0.676. The summed E-state index contributed by atoms with van der Waals surface area (Å²) in [5.41, 5.74) is 2.22. The van der Waals surface area contributed by atoms with Gasteiger partial charge in [0.2, 0.25) is 0 Å². The Labute approximate surface area is 254 Å². The van der Waals surface area contributed by atoms with Crippen LogP contribution in [0.25, 0.3) is 21.8 Å². The van der Waals surface area contributed by atoms with E-state index in [1.165, 1.54) is 23.5 Å². The lowest BCUT2D eigenvalue weighted by Gasteiger charge is -2.43. The van der Waals surface area contributed by atoms with Crippen molar-refractivity contribution in [2.24, 2.45) is 0 Å². The number of carbonyl (C=O) groups is 1. The van der Waals surface area contributed by atoms with Crippen LogP contribution >= 0.6 is 22.7 Å². The highest BCUT2D eigenvalue weighted by Gasteiger charge is 2.38. The van der Waals surface area contributed by atoms with Gasteiger partial charge in [0.05, 0.1) is 28.8 Å². The zero-order chi connectivity index (χ0) is 30.3. The molecule has 1 saturated carbocycles. The van der Waals surface area contributed by atoms with E-state index in [-0.39, 0.29) is 47.6 Å². The summed E-state index contributed by atoms with van der Waals surface area (Å²) in [6, 6.07) is 7.88. The Balaban J connectivity index is 1.19. The number of thiophene rings is 1. The Hall–Kier alpha value is -3.42. The standard InChI is InChI=1S/C30H30F3N3O5S2/c1-3-19-12-20(10-16(2)36(19)29-34-23(15-43-29)25-11-18(14-42-25)28(37)38)39-13-22-26(35-41-27(22)17-8-9-17)21-6-4-5-7-24(21)40-30(31,32)33/h4-7,11,14-17,19-20H,3,8-10,12-13H2,1-2H3,(H,37,38)/t16-,19+,20+/m0/s1. The lowest BCUT2D eigenvalue weighted by molar-refractivity contribution is -0.274. The number of carboxylic acids is 1. The Bertz CT molecular complexity index is 1600. The normalized spacial score (nSPS) is 20.9. The number of aromatic carboxylic acids is 1. The van der Waals surface area contributed by atoms with Crippen molar-refractivity contribution in [3.05, 3.63) is 58.0 Å². The van der Waals surface area contributed by atoms with Gasteiger partial charge in [-0.3, -0.25) is 0 Å². The highest BCUT2D eigenvalue weighted by atomic mass is 32.1. The molecule has 2 fully saturated rings. The molecule has 1 aromatic carbocycles. The molecular formula is C30H30F3N3O5S2. The van der Waals surface area contributed by atoms with Crippen molar-refractivity contribution in [3.63, 3.8) is 0 Å². The second kappa shape index (κ2) is 11.9. The molecule has 0 bridgehead atoms. The summed E-state index contributed by atoms with van der Waals surface area (Å²) in [4.78, 5) is 19.3. The number of rotatable bonds is 10. The number of benzene rings is 1. The van der Waals surface area contributed by atoms with Crippen molar-refractivity contribution in [1.82, 2.24) is 10.1 Å². The quantitative estimate of drug-likeness (QED) is 0.186. The molecule has 3 atom stereocenters. The summed E-state index contributed by atoms with van der Waals surface area (Å²) < 4.78 is 55.8. The van der Waals surface area contributed by atoms with Crippen LogP contribution in [0.3, 0.4) is 0 Å². The number of alkyl halides is 3. The van der Waals surface area contributed by atoms with Crippen LogP contribution in [0.4, 0.5) is 18.3 Å². The molecule has 1 N–H and O–H groups in total. The first-order valence-electron chi connectivity index (χ1n) is 14.1. The van der Waals surface area contributed by atoms with Gasteiger partial charge in [-0.05, 0) is 57.2 Å².